The minimum Gasteiger partial charge on any atom is -0.441 e. The first kappa shape index (κ1) is 19.7. The van der Waals surface area contributed by atoms with Gasteiger partial charge in [-0.05, 0) is 37.3 Å². The van der Waals surface area contributed by atoms with Gasteiger partial charge in [-0.1, -0.05) is 29.5 Å². The number of aryl methyl sites for hydroxylation is 1. The van der Waals surface area contributed by atoms with Gasteiger partial charge in [-0.2, -0.15) is 0 Å². The second-order valence-electron chi connectivity index (χ2n) is 7.39. The summed E-state index contributed by atoms with van der Waals surface area (Å²) in [4.78, 5) is 24.1. The number of benzene rings is 2. The molecule has 1 saturated heterocycles. The molecule has 3 heterocycles. The molecule has 1 amide bonds. The smallest absolute Gasteiger partial charge is 0.230 e. The molecule has 0 spiro atoms. The van der Waals surface area contributed by atoms with Gasteiger partial charge in [-0.25, -0.2) is 9.97 Å². The number of carbonyl (C=O) groups is 1. The molecule has 0 atom stereocenters. The third kappa shape index (κ3) is 4.30. The van der Waals surface area contributed by atoms with Crippen molar-refractivity contribution in [1.29, 1.82) is 0 Å². The first-order valence-corrected chi connectivity index (χ1v) is 11.0. The van der Waals surface area contributed by atoms with Crippen molar-refractivity contribution in [2.45, 2.75) is 13.3 Å². The summed E-state index contributed by atoms with van der Waals surface area (Å²) in [5.74, 6) is 1.05. The van der Waals surface area contributed by atoms with Crippen molar-refractivity contribution in [2.75, 3.05) is 36.5 Å². The third-order valence-electron chi connectivity index (χ3n) is 5.18. The van der Waals surface area contributed by atoms with Crippen LogP contribution in [0.5, 0.6) is 0 Å². The van der Waals surface area contributed by atoms with Gasteiger partial charge >= 0.3 is 0 Å². The Kier molecular flexibility index (Phi) is 5.40. The van der Waals surface area contributed by atoms with E-state index in [9.17, 15) is 4.79 Å². The van der Waals surface area contributed by atoms with E-state index in [4.69, 9.17) is 14.1 Å². The molecule has 2 aromatic heterocycles. The number of aromatic nitrogens is 2. The molecule has 1 aliphatic rings. The van der Waals surface area contributed by atoms with Crippen LogP contribution < -0.4 is 10.2 Å². The van der Waals surface area contributed by atoms with Gasteiger partial charge < -0.3 is 19.4 Å². The molecule has 0 saturated carbocycles. The van der Waals surface area contributed by atoms with Gasteiger partial charge in [-0.15, -0.1) is 0 Å². The second kappa shape index (κ2) is 8.49. The minimum absolute atomic E-state index is 0.131. The number of morpholine rings is 1. The summed E-state index contributed by atoms with van der Waals surface area (Å²) in [6.45, 7) is 4.99. The van der Waals surface area contributed by atoms with Crippen LogP contribution in [0.3, 0.4) is 0 Å². The van der Waals surface area contributed by atoms with Crippen LogP contribution >= 0.6 is 11.3 Å². The number of fused-ring (bicyclic) bond motifs is 1. The van der Waals surface area contributed by atoms with Crippen molar-refractivity contribution in [3.05, 3.63) is 60.0 Å². The van der Waals surface area contributed by atoms with E-state index in [1.807, 2.05) is 55.5 Å². The van der Waals surface area contributed by atoms with Gasteiger partial charge in [0.25, 0.3) is 0 Å². The summed E-state index contributed by atoms with van der Waals surface area (Å²) in [7, 11) is 0. The Labute approximate surface area is 183 Å². The van der Waals surface area contributed by atoms with Crippen LogP contribution in [-0.2, 0) is 16.0 Å². The van der Waals surface area contributed by atoms with Crippen LogP contribution in [0, 0.1) is 6.92 Å². The van der Waals surface area contributed by atoms with E-state index in [0.717, 1.165) is 52.9 Å². The zero-order valence-electron chi connectivity index (χ0n) is 17.1. The number of hydrogen-bond acceptors (Lipinski definition) is 7. The Morgan fingerprint density at radius 2 is 1.94 bits per heavy atom. The van der Waals surface area contributed by atoms with E-state index in [1.54, 1.807) is 11.3 Å². The SMILES string of the molecule is Cc1oc(-c2ccccc2)nc1CC(=O)Nc1ccc2nc(N3CCOCC3)sc2c1. The van der Waals surface area contributed by atoms with E-state index in [2.05, 4.69) is 15.2 Å². The highest BCUT2D eigenvalue weighted by molar-refractivity contribution is 7.22. The number of nitrogens with one attached hydrogen (secondary N) is 1. The Morgan fingerprint density at radius 1 is 1.13 bits per heavy atom. The van der Waals surface area contributed by atoms with E-state index in [-0.39, 0.29) is 12.3 Å². The van der Waals surface area contributed by atoms with Gasteiger partial charge in [-0.3, -0.25) is 4.79 Å². The lowest BCUT2D eigenvalue weighted by Crippen LogP contribution is -2.36. The highest BCUT2D eigenvalue weighted by Crippen LogP contribution is 2.31. The van der Waals surface area contributed by atoms with Crippen molar-refractivity contribution in [3.8, 4) is 11.5 Å². The Hall–Kier alpha value is -3.23. The van der Waals surface area contributed by atoms with E-state index in [1.165, 1.54) is 0 Å². The summed E-state index contributed by atoms with van der Waals surface area (Å²) in [6, 6.07) is 15.5. The Morgan fingerprint density at radius 3 is 2.74 bits per heavy atom. The normalized spacial score (nSPS) is 14.2. The first-order chi connectivity index (χ1) is 15.2. The second-order valence-corrected chi connectivity index (χ2v) is 8.40. The Bertz CT molecular complexity index is 1210. The van der Waals surface area contributed by atoms with Crippen molar-refractivity contribution in [2.24, 2.45) is 0 Å². The van der Waals surface area contributed by atoms with Crippen LogP contribution in [0.15, 0.2) is 52.9 Å². The standard InChI is InChI=1S/C23H22N4O3S/c1-15-19(25-22(30-15)16-5-3-2-4-6-16)14-21(28)24-17-7-8-18-20(13-17)31-23(26-18)27-9-11-29-12-10-27/h2-8,13H,9-12,14H2,1H3,(H,24,28). The summed E-state index contributed by atoms with van der Waals surface area (Å²) in [5.41, 5.74) is 3.22. The number of carbonyl (C=O) groups excluding carboxylic acids is 1. The van der Waals surface area contributed by atoms with Gasteiger partial charge in [0.05, 0.1) is 35.5 Å². The molecule has 0 aliphatic carbocycles. The van der Waals surface area contributed by atoms with E-state index >= 15 is 0 Å². The molecular weight excluding hydrogens is 412 g/mol. The van der Waals surface area contributed by atoms with Crippen LogP contribution in [0.2, 0.25) is 0 Å². The molecule has 7 nitrogen and oxygen atoms in total. The molecule has 158 valence electrons. The first-order valence-electron chi connectivity index (χ1n) is 10.2. The molecule has 5 rings (SSSR count). The molecule has 0 unspecified atom stereocenters. The maximum absolute atomic E-state index is 12.6. The van der Waals surface area contributed by atoms with Crippen molar-refractivity contribution >= 4 is 38.3 Å². The molecule has 31 heavy (non-hydrogen) atoms. The van der Waals surface area contributed by atoms with Crippen LogP contribution in [0.25, 0.3) is 21.7 Å². The average molecular weight is 435 g/mol. The number of rotatable bonds is 5. The third-order valence-corrected chi connectivity index (χ3v) is 6.26. The fourth-order valence-corrected chi connectivity index (χ4v) is 4.59. The average Bonchev–Trinajstić information content (AvgIpc) is 3.38. The highest BCUT2D eigenvalue weighted by atomic mass is 32.1. The van der Waals surface area contributed by atoms with Gasteiger partial charge in [0, 0.05) is 24.3 Å². The molecule has 1 fully saturated rings. The molecular formula is C23H22N4O3S. The van der Waals surface area contributed by atoms with Gasteiger partial charge in [0.1, 0.15) is 5.76 Å². The lowest BCUT2D eigenvalue weighted by atomic mass is 10.2. The summed E-state index contributed by atoms with van der Waals surface area (Å²) >= 11 is 1.63. The fraction of sp³-hybridized carbons (Fsp3) is 0.261. The lowest BCUT2D eigenvalue weighted by molar-refractivity contribution is -0.115. The van der Waals surface area contributed by atoms with Gasteiger partial charge in [0.15, 0.2) is 5.13 Å². The zero-order valence-corrected chi connectivity index (χ0v) is 17.9. The maximum Gasteiger partial charge on any atom is 0.230 e. The van der Waals surface area contributed by atoms with E-state index < -0.39 is 0 Å². The molecule has 8 heteroatoms. The summed E-state index contributed by atoms with van der Waals surface area (Å²) < 4.78 is 12.2. The van der Waals surface area contributed by atoms with Crippen LogP contribution in [0.4, 0.5) is 10.8 Å². The monoisotopic (exact) mass is 434 g/mol. The molecule has 0 radical (unpaired) electrons. The highest BCUT2D eigenvalue weighted by Gasteiger charge is 2.17. The predicted octanol–water partition coefficient (Wildman–Crippen LogP) is 4.28. The largest absolute Gasteiger partial charge is 0.441 e. The molecule has 1 aliphatic heterocycles. The maximum atomic E-state index is 12.6. The van der Waals surface area contributed by atoms with Crippen molar-refractivity contribution < 1.29 is 13.9 Å². The zero-order chi connectivity index (χ0) is 21.2. The molecule has 0 bridgehead atoms. The number of oxazole rings is 1. The van der Waals surface area contributed by atoms with Crippen LogP contribution in [0.1, 0.15) is 11.5 Å². The van der Waals surface area contributed by atoms with Crippen molar-refractivity contribution in [3.63, 3.8) is 0 Å². The molecule has 2 aromatic carbocycles. The quantitative estimate of drug-likeness (QED) is 0.505. The summed E-state index contributed by atoms with van der Waals surface area (Å²) in [5, 5.41) is 3.97. The number of anilines is 2. The number of ether oxygens (including phenoxy) is 1. The molecule has 1 N–H and O–H groups in total. The minimum atomic E-state index is -0.131. The van der Waals surface area contributed by atoms with Crippen molar-refractivity contribution in [1.82, 2.24) is 9.97 Å². The Balaban J connectivity index is 1.28. The number of hydrogen-bond donors (Lipinski definition) is 1. The molecule has 4 aromatic rings. The number of amides is 1. The summed E-state index contributed by atoms with van der Waals surface area (Å²) in [6.07, 6.45) is 0.155. The number of thiazole rings is 1. The predicted molar refractivity (Wildman–Crippen MR) is 122 cm³/mol. The van der Waals surface area contributed by atoms with Gasteiger partial charge in [0.2, 0.25) is 11.8 Å². The van der Waals surface area contributed by atoms with Crippen LogP contribution in [-0.4, -0.2) is 42.2 Å². The fourth-order valence-electron chi connectivity index (χ4n) is 3.53. The van der Waals surface area contributed by atoms with E-state index in [0.29, 0.717) is 17.3 Å². The number of nitrogens with zero attached hydrogens (tertiary/aromatic N) is 3. The topological polar surface area (TPSA) is 80.5 Å². The lowest BCUT2D eigenvalue weighted by Gasteiger charge is -2.25.